The zero-order valence-corrected chi connectivity index (χ0v) is 18.0. The number of nitrogens with zero attached hydrogens (tertiary/aromatic N) is 2. The molecule has 2 N–H and O–H groups in total. The van der Waals surface area contributed by atoms with Crippen LogP contribution in [0.3, 0.4) is 0 Å². The fourth-order valence-corrected chi connectivity index (χ4v) is 3.14. The molecule has 166 valence electrons. The van der Waals surface area contributed by atoms with Crippen LogP contribution in [0.1, 0.15) is 36.9 Å². The van der Waals surface area contributed by atoms with Gasteiger partial charge in [-0.3, -0.25) is 10.1 Å². The van der Waals surface area contributed by atoms with Crippen molar-refractivity contribution < 1.29 is 23.5 Å². The van der Waals surface area contributed by atoms with Gasteiger partial charge in [0.15, 0.2) is 5.76 Å². The molecule has 0 spiro atoms. The zero-order valence-electron chi connectivity index (χ0n) is 18.0. The number of amides is 4. The lowest BCUT2D eigenvalue weighted by Gasteiger charge is -2.34. The molecule has 0 bridgehead atoms. The summed E-state index contributed by atoms with van der Waals surface area (Å²) >= 11 is 0. The highest BCUT2D eigenvalue weighted by Gasteiger charge is 2.26. The van der Waals surface area contributed by atoms with Crippen molar-refractivity contribution in [3.63, 3.8) is 0 Å². The van der Waals surface area contributed by atoms with E-state index < -0.39 is 11.7 Å². The molecule has 4 amide bonds. The van der Waals surface area contributed by atoms with Gasteiger partial charge in [0.05, 0.1) is 6.26 Å². The Morgan fingerprint density at radius 3 is 2.39 bits per heavy atom. The van der Waals surface area contributed by atoms with Crippen LogP contribution in [0, 0.1) is 0 Å². The number of anilines is 1. The molecule has 31 heavy (non-hydrogen) atoms. The van der Waals surface area contributed by atoms with Crippen molar-refractivity contribution in [1.29, 1.82) is 0 Å². The molecule has 2 aromatic rings. The van der Waals surface area contributed by atoms with E-state index >= 15 is 0 Å². The summed E-state index contributed by atoms with van der Waals surface area (Å²) in [5.74, 6) is 0.136. The zero-order chi connectivity index (χ0) is 22.4. The van der Waals surface area contributed by atoms with Crippen molar-refractivity contribution in [1.82, 2.24) is 15.1 Å². The number of urea groups is 1. The van der Waals surface area contributed by atoms with Gasteiger partial charge in [-0.1, -0.05) is 12.1 Å². The van der Waals surface area contributed by atoms with Crippen LogP contribution >= 0.6 is 0 Å². The Hall–Kier alpha value is -3.49. The number of hydrogen-bond donors (Lipinski definition) is 2. The first-order valence-corrected chi connectivity index (χ1v) is 10.2. The Morgan fingerprint density at radius 1 is 1.03 bits per heavy atom. The number of nitrogens with one attached hydrogen (secondary N) is 2. The number of carbonyl (C=O) groups is 3. The summed E-state index contributed by atoms with van der Waals surface area (Å²) in [6.45, 7) is 7.48. The molecule has 1 aliphatic heterocycles. The lowest BCUT2D eigenvalue weighted by atomic mass is 10.2. The topological polar surface area (TPSA) is 104 Å². The average molecular weight is 428 g/mol. The largest absolute Gasteiger partial charge is 0.459 e. The lowest BCUT2D eigenvalue weighted by Crippen LogP contribution is -2.53. The van der Waals surface area contributed by atoms with Gasteiger partial charge in [0.1, 0.15) is 5.60 Å². The molecule has 1 aliphatic rings. The minimum absolute atomic E-state index is 0.167. The van der Waals surface area contributed by atoms with E-state index in [2.05, 4.69) is 10.6 Å². The second-order valence-corrected chi connectivity index (χ2v) is 8.24. The van der Waals surface area contributed by atoms with Crippen molar-refractivity contribution in [3.8, 4) is 0 Å². The van der Waals surface area contributed by atoms with E-state index in [9.17, 15) is 14.4 Å². The fraction of sp³-hybridized carbons (Fsp3) is 0.409. The van der Waals surface area contributed by atoms with Gasteiger partial charge >= 0.3 is 12.1 Å². The molecule has 1 saturated heterocycles. The standard InChI is InChI=1S/C22H28N4O5/c1-22(2,3)31-21(29)24-17-7-4-6-16(14-17)15-23-20(28)26-11-9-25(10-12-26)19(27)18-8-5-13-30-18/h4-8,13-14H,9-12,15H2,1-3H3,(H,23,28)(H,24,29). The molecule has 1 aromatic carbocycles. The number of benzene rings is 1. The van der Waals surface area contributed by atoms with Crippen LogP contribution < -0.4 is 10.6 Å². The summed E-state index contributed by atoms with van der Waals surface area (Å²) in [6.07, 6.45) is 0.935. The smallest absolute Gasteiger partial charge is 0.412 e. The van der Waals surface area contributed by atoms with E-state index in [0.29, 0.717) is 44.2 Å². The first-order chi connectivity index (χ1) is 14.7. The molecule has 0 radical (unpaired) electrons. The summed E-state index contributed by atoms with van der Waals surface area (Å²) in [5, 5.41) is 5.57. The minimum Gasteiger partial charge on any atom is -0.459 e. The van der Waals surface area contributed by atoms with Gasteiger partial charge in [0.25, 0.3) is 5.91 Å². The number of hydrogen-bond acceptors (Lipinski definition) is 5. The highest BCUT2D eigenvalue weighted by Crippen LogP contribution is 2.14. The average Bonchev–Trinajstić information content (AvgIpc) is 3.25. The summed E-state index contributed by atoms with van der Waals surface area (Å²) in [5.41, 5.74) is 0.849. The Morgan fingerprint density at radius 2 is 1.74 bits per heavy atom. The molecule has 0 unspecified atom stereocenters. The van der Waals surface area contributed by atoms with Crippen molar-refractivity contribution in [2.45, 2.75) is 32.9 Å². The highest BCUT2D eigenvalue weighted by molar-refractivity contribution is 5.91. The third-order valence-corrected chi connectivity index (χ3v) is 4.60. The number of carbonyl (C=O) groups excluding carboxylic acids is 3. The maximum Gasteiger partial charge on any atom is 0.412 e. The molecule has 9 heteroatoms. The third kappa shape index (κ3) is 6.50. The van der Waals surface area contributed by atoms with Gasteiger partial charge in [-0.15, -0.1) is 0 Å². The first kappa shape index (κ1) is 22.2. The Bertz CT molecular complexity index is 912. The van der Waals surface area contributed by atoms with Crippen molar-refractivity contribution in [2.75, 3.05) is 31.5 Å². The maximum absolute atomic E-state index is 12.5. The normalized spacial score (nSPS) is 14.2. The van der Waals surface area contributed by atoms with Crippen LogP contribution in [0.15, 0.2) is 47.1 Å². The molecule has 0 saturated carbocycles. The molecule has 1 fully saturated rings. The van der Waals surface area contributed by atoms with Crippen molar-refractivity contribution in [2.24, 2.45) is 0 Å². The third-order valence-electron chi connectivity index (χ3n) is 4.60. The quantitative estimate of drug-likeness (QED) is 0.778. The Labute approximate surface area is 181 Å². The van der Waals surface area contributed by atoms with Gasteiger partial charge in [-0.2, -0.15) is 0 Å². The fourth-order valence-electron chi connectivity index (χ4n) is 3.14. The molecule has 1 aromatic heterocycles. The van der Waals surface area contributed by atoms with E-state index in [1.54, 1.807) is 60.9 Å². The van der Waals surface area contributed by atoms with Gasteiger partial charge in [-0.05, 0) is 50.6 Å². The van der Waals surface area contributed by atoms with Gasteiger partial charge in [-0.25, -0.2) is 9.59 Å². The van der Waals surface area contributed by atoms with Crippen molar-refractivity contribution in [3.05, 3.63) is 54.0 Å². The first-order valence-electron chi connectivity index (χ1n) is 10.2. The Kier molecular flexibility index (Phi) is 6.84. The van der Waals surface area contributed by atoms with Crippen LogP contribution in [-0.2, 0) is 11.3 Å². The van der Waals surface area contributed by atoms with E-state index in [0.717, 1.165) is 5.56 Å². The van der Waals surface area contributed by atoms with E-state index in [4.69, 9.17) is 9.15 Å². The number of rotatable bonds is 4. The second kappa shape index (κ2) is 9.55. The molecule has 0 aliphatic carbocycles. The second-order valence-electron chi connectivity index (χ2n) is 8.24. The van der Waals surface area contributed by atoms with Crippen LogP contribution in [0.4, 0.5) is 15.3 Å². The molecular weight excluding hydrogens is 400 g/mol. The molecule has 9 nitrogen and oxygen atoms in total. The molecular formula is C22H28N4O5. The van der Waals surface area contributed by atoms with Crippen LogP contribution in [-0.4, -0.2) is 59.6 Å². The summed E-state index contributed by atoms with van der Waals surface area (Å²) in [6, 6.07) is 10.3. The van der Waals surface area contributed by atoms with Crippen LogP contribution in [0.25, 0.3) is 0 Å². The van der Waals surface area contributed by atoms with E-state index in [1.807, 2.05) is 6.07 Å². The number of piperazine rings is 1. The molecule has 0 atom stereocenters. The van der Waals surface area contributed by atoms with Crippen LogP contribution in [0.5, 0.6) is 0 Å². The van der Waals surface area contributed by atoms with Crippen molar-refractivity contribution >= 4 is 23.7 Å². The van der Waals surface area contributed by atoms with Gasteiger partial charge in [0, 0.05) is 38.4 Å². The van der Waals surface area contributed by atoms with Crippen LogP contribution in [0.2, 0.25) is 0 Å². The van der Waals surface area contributed by atoms with E-state index in [-0.39, 0.29) is 11.9 Å². The summed E-state index contributed by atoms with van der Waals surface area (Å²) in [7, 11) is 0. The number of furan rings is 1. The maximum atomic E-state index is 12.5. The number of ether oxygens (including phenoxy) is 1. The SMILES string of the molecule is CC(C)(C)OC(=O)Nc1cccc(CNC(=O)N2CCN(C(=O)c3ccco3)CC2)c1. The van der Waals surface area contributed by atoms with E-state index in [1.165, 1.54) is 6.26 Å². The lowest BCUT2D eigenvalue weighted by molar-refractivity contribution is 0.0628. The Balaban J connectivity index is 1.46. The predicted molar refractivity (Wildman–Crippen MR) is 115 cm³/mol. The molecule has 3 rings (SSSR count). The monoisotopic (exact) mass is 428 g/mol. The predicted octanol–water partition coefficient (Wildman–Crippen LogP) is 3.29. The van der Waals surface area contributed by atoms with Gasteiger partial charge in [0.2, 0.25) is 0 Å². The summed E-state index contributed by atoms with van der Waals surface area (Å²) in [4.78, 5) is 40.1. The minimum atomic E-state index is -0.581. The summed E-state index contributed by atoms with van der Waals surface area (Å²) < 4.78 is 10.4. The van der Waals surface area contributed by atoms with Gasteiger partial charge < -0.3 is 24.3 Å². The molecule has 2 heterocycles. The highest BCUT2D eigenvalue weighted by atomic mass is 16.6.